The lowest BCUT2D eigenvalue weighted by atomic mass is 10.0. The Morgan fingerprint density at radius 1 is 0.800 bits per heavy atom. The number of carbonyl (C=O) groups is 1. The molecule has 3 heteroatoms. The van der Waals surface area contributed by atoms with Crippen molar-refractivity contribution in [2.75, 3.05) is 13.1 Å². The Hall–Kier alpha value is -2.13. The Morgan fingerprint density at radius 3 is 2.32 bits per heavy atom. The molecular formula is C22H28N2O. The lowest BCUT2D eigenvalue weighted by Crippen LogP contribution is -2.22. The second-order valence-corrected chi connectivity index (χ2v) is 7.07. The molecule has 2 heterocycles. The van der Waals surface area contributed by atoms with Gasteiger partial charge in [-0.1, -0.05) is 41.5 Å². The minimum Gasteiger partial charge on any atom is -0.352 e. The van der Waals surface area contributed by atoms with E-state index in [1.807, 2.05) is 12.1 Å². The molecule has 0 spiro atoms. The van der Waals surface area contributed by atoms with E-state index in [2.05, 4.69) is 48.7 Å². The van der Waals surface area contributed by atoms with Gasteiger partial charge in [-0.3, -0.25) is 4.79 Å². The molecule has 1 amide bonds. The molecule has 0 saturated carbocycles. The van der Waals surface area contributed by atoms with E-state index in [-0.39, 0.29) is 5.91 Å². The molecule has 0 fully saturated rings. The zero-order valence-corrected chi connectivity index (χ0v) is 15.3. The van der Waals surface area contributed by atoms with Crippen molar-refractivity contribution >= 4 is 5.91 Å². The topological polar surface area (TPSA) is 41.1 Å². The van der Waals surface area contributed by atoms with E-state index in [1.54, 1.807) is 5.56 Å². The minimum atomic E-state index is 0.0764. The minimum absolute atomic E-state index is 0.0764. The van der Waals surface area contributed by atoms with Crippen LogP contribution in [0.1, 0.15) is 51.0 Å². The summed E-state index contributed by atoms with van der Waals surface area (Å²) < 4.78 is 0. The zero-order chi connectivity index (χ0) is 17.6. The monoisotopic (exact) mass is 336 g/mol. The van der Waals surface area contributed by atoms with Crippen LogP contribution in [-0.4, -0.2) is 19.0 Å². The highest BCUT2D eigenvalue weighted by Crippen LogP contribution is 2.16. The van der Waals surface area contributed by atoms with Crippen molar-refractivity contribution < 1.29 is 4.79 Å². The number of rotatable bonds is 0. The third-order valence-electron chi connectivity index (χ3n) is 4.89. The largest absolute Gasteiger partial charge is 0.352 e. The van der Waals surface area contributed by atoms with E-state index < -0.39 is 0 Å². The molecule has 2 aromatic rings. The summed E-state index contributed by atoms with van der Waals surface area (Å²) in [4.78, 5) is 11.5. The van der Waals surface area contributed by atoms with Crippen LogP contribution < -0.4 is 10.6 Å². The van der Waals surface area contributed by atoms with E-state index >= 15 is 0 Å². The first kappa shape index (κ1) is 17.7. The number of hydrogen-bond donors (Lipinski definition) is 2. The van der Waals surface area contributed by atoms with Gasteiger partial charge in [0.05, 0.1) is 0 Å². The summed E-state index contributed by atoms with van der Waals surface area (Å²) in [6.45, 7) is 7.23. The lowest BCUT2D eigenvalue weighted by Gasteiger charge is -2.05. The fraction of sp³-hybridized carbons (Fsp3) is 0.409. The van der Waals surface area contributed by atoms with Crippen molar-refractivity contribution in [3.8, 4) is 0 Å². The Labute approximate surface area is 150 Å². The summed E-state index contributed by atoms with van der Waals surface area (Å²) in [5, 5.41) is 6.30. The molecule has 0 aliphatic carbocycles. The number of aryl methyl sites for hydroxylation is 4. The molecule has 2 aromatic carbocycles. The number of fused-ring (bicyclic) bond motifs is 2. The first-order valence-corrected chi connectivity index (χ1v) is 9.30. The molecule has 0 saturated heterocycles. The predicted octanol–water partition coefficient (Wildman–Crippen LogP) is 3.70. The van der Waals surface area contributed by atoms with Crippen molar-refractivity contribution in [2.45, 2.75) is 46.1 Å². The van der Waals surface area contributed by atoms with E-state index in [9.17, 15) is 4.79 Å². The quantitative estimate of drug-likeness (QED) is 0.770. The molecular weight excluding hydrogens is 308 g/mol. The van der Waals surface area contributed by atoms with E-state index in [1.165, 1.54) is 35.1 Å². The Morgan fingerprint density at radius 2 is 1.48 bits per heavy atom. The molecule has 2 aliphatic rings. The molecule has 2 N–H and O–H groups in total. The van der Waals surface area contributed by atoms with Crippen LogP contribution in [0.15, 0.2) is 36.4 Å². The number of benzene rings is 2. The van der Waals surface area contributed by atoms with Crippen LogP contribution in [0.2, 0.25) is 0 Å². The average Bonchev–Trinajstić information content (AvgIpc) is 2.93. The normalized spacial score (nSPS) is 16.3. The molecule has 0 atom stereocenters. The first-order valence-electron chi connectivity index (χ1n) is 9.30. The summed E-state index contributed by atoms with van der Waals surface area (Å²) in [7, 11) is 0. The van der Waals surface area contributed by atoms with Gasteiger partial charge in [-0.25, -0.2) is 0 Å². The second kappa shape index (κ2) is 8.30. The maximum absolute atomic E-state index is 11.5. The van der Waals surface area contributed by atoms with Crippen LogP contribution in [0.25, 0.3) is 0 Å². The molecule has 4 rings (SSSR count). The smallest absolute Gasteiger partial charge is 0.251 e. The van der Waals surface area contributed by atoms with Crippen molar-refractivity contribution in [3.63, 3.8) is 0 Å². The molecule has 2 aliphatic heterocycles. The third-order valence-corrected chi connectivity index (χ3v) is 4.89. The van der Waals surface area contributed by atoms with Crippen LogP contribution >= 0.6 is 0 Å². The maximum Gasteiger partial charge on any atom is 0.251 e. The molecule has 3 nitrogen and oxygen atoms in total. The van der Waals surface area contributed by atoms with Crippen molar-refractivity contribution in [2.24, 2.45) is 0 Å². The highest BCUT2D eigenvalue weighted by Gasteiger charge is 2.13. The molecule has 0 unspecified atom stereocenters. The van der Waals surface area contributed by atoms with Crippen molar-refractivity contribution in [1.29, 1.82) is 0 Å². The van der Waals surface area contributed by atoms with Gasteiger partial charge < -0.3 is 10.6 Å². The average molecular weight is 336 g/mol. The molecule has 0 bridgehead atoms. The van der Waals surface area contributed by atoms with Gasteiger partial charge in [0.15, 0.2) is 0 Å². The van der Waals surface area contributed by atoms with Gasteiger partial charge in [0, 0.05) is 18.7 Å². The molecule has 132 valence electrons. The first-order chi connectivity index (χ1) is 12.1. The van der Waals surface area contributed by atoms with Crippen LogP contribution in [-0.2, 0) is 19.4 Å². The van der Waals surface area contributed by atoms with E-state index in [4.69, 9.17) is 0 Å². The number of carbonyl (C=O) groups excluding carboxylic acids is 1. The van der Waals surface area contributed by atoms with Crippen LogP contribution in [0.5, 0.6) is 0 Å². The highest BCUT2D eigenvalue weighted by molar-refractivity contribution is 5.96. The number of hydrogen-bond acceptors (Lipinski definition) is 2. The SMILES string of the molecule is Cc1ccc2c(c1)CCCNC2.Cc1ccc2c(c1)CCCNC2=O. The second-order valence-electron chi connectivity index (χ2n) is 7.07. The van der Waals surface area contributed by atoms with Gasteiger partial charge in [-0.2, -0.15) is 0 Å². The predicted molar refractivity (Wildman–Crippen MR) is 103 cm³/mol. The van der Waals surface area contributed by atoms with Crippen LogP contribution in [0.3, 0.4) is 0 Å². The zero-order valence-electron chi connectivity index (χ0n) is 15.3. The Bertz CT molecular complexity index is 752. The van der Waals surface area contributed by atoms with Gasteiger partial charge in [-0.15, -0.1) is 0 Å². The maximum atomic E-state index is 11.5. The fourth-order valence-electron chi connectivity index (χ4n) is 3.51. The number of nitrogens with one attached hydrogen (secondary N) is 2. The summed E-state index contributed by atoms with van der Waals surface area (Å²) in [5.41, 5.74) is 7.68. The summed E-state index contributed by atoms with van der Waals surface area (Å²) in [6.07, 6.45) is 4.57. The molecule has 25 heavy (non-hydrogen) atoms. The van der Waals surface area contributed by atoms with Gasteiger partial charge in [-0.05, 0) is 68.8 Å². The van der Waals surface area contributed by atoms with Gasteiger partial charge >= 0.3 is 0 Å². The number of amides is 1. The summed E-state index contributed by atoms with van der Waals surface area (Å²) in [6, 6.07) is 12.8. The van der Waals surface area contributed by atoms with E-state index in [0.717, 1.165) is 38.0 Å². The standard InChI is InChI=1S/C11H13NO.C11H15N/c1-8-4-5-10-9(7-8)3-2-6-12-11(10)13;1-9-4-5-11-8-12-6-2-3-10(11)7-9/h4-5,7H,2-3,6H2,1H3,(H,12,13);4-5,7,12H,2-3,6,8H2,1H3. The molecule has 0 radical (unpaired) electrons. The van der Waals surface area contributed by atoms with Crippen LogP contribution in [0, 0.1) is 13.8 Å². The van der Waals surface area contributed by atoms with Gasteiger partial charge in [0.2, 0.25) is 0 Å². The van der Waals surface area contributed by atoms with Gasteiger partial charge in [0.1, 0.15) is 0 Å². The summed E-state index contributed by atoms with van der Waals surface area (Å²) in [5.74, 6) is 0.0764. The van der Waals surface area contributed by atoms with Crippen molar-refractivity contribution in [3.05, 3.63) is 69.8 Å². The Kier molecular flexibility index (Phi) is 5.87. The van der Waals surface area contributed by atoms with Gasteiger partial charge in [0.25, 0.3) is 5.91 Å². The van der Waals surface area contributed by atoms with E-state index in [0.29, 0.717) is 0 Å². The lowest BCUT2D eigenvalue weighted by molar-refractivity contribution is 0.0956. The highest BCUT2D eigenvalue weighted by atomic mass is 16.1. The third kappa shape index (κ3) is 4.70. The van der Waals surface area contributed by atoms with Crippen molar-refractivity contribution in [1.82, 2.24) is 10.6 Å². The summed E-state index contributed by atoms with van der Waals surface area (Å²) >= 11 is 0. The Balaban J connectivity index is 0.000000146. The van der Waals surface area contributed by atoms with Crippen LogP contribution in [0.4, 0.5) is 0 Å². The molecule has 0 aromatic heterocycles. The fourth-order valence-corrected chi connectivity index (χ4v) is 3.51.